The third-order valence-corrected chi connectivity index (χ3v) is 3.38. The summed E-state index contributed by atoms with van der Waals surface area (Å²) >= 11 is 0. The molecule has 1 saturated heterocycles. The van der Waals surface area contributed by atoms with E-state index in [1.165, 1.54) is 12.8 Å². The van der Waals surface area contributed by atoms with Crippen molar-refractivity contribution in [2.24, 2.45) is 0 Å². The summed E-state index contributed by atoms with van der Waals surface area (Å²) < 4.78 is 5.73. The zero-order valence-electron chi connectivity index (χ0n) is 9.37. The molecule has 0 aromatic heterocycles. The molecular formula is C11H20N2O2. The number of likely N-dealkylation sites (N-methyl/N-ethyl adjacent to an activating group) is 1. The fraction of sp³-hybridized carbons (Fsp3) is 0.909. The van der Waals surface area contributed by atoms with E-state index >= 15 is 0 Å². The second-order valence-corrected chi connectivity index (χ2v) is 4.38. The average molecular weight is 212 g/mol. The molecule has 4 heteroatoms. The maximum Gasteiger partial charge on any atom is 0.236 e. The quantitative estimate of drug-likeness (QED) is 0.719. The molecule has 1 aliphatic heterocycles. The van der Waals surface area contributed by atoms with E-state index in [2.05, 4.69) is 5.32 Å². The predicted octanol–water partition coefficient (Wildman–Crippen LogP) is 0.376. The molecule has 1 saturated carbocycles. The van der Waals surface area contributed by atoms with E-state index in [9.17, 15) is 4.79 Å². The molecule has 0 aromatic rings. The molecule has 15 heavy (non-hydrogen) atoms. The molecule has 0 bridgehead atoms. The average Bonchev–Trinajstić information content (AvgIpc) is 2.28. The van der Waals surface area contributed by atoms with Gasteiger partial charge in [-0.25, -0.2) is 0 Å². The first-order valence-electron chi connectivity index (χ1n) is 5.88. The van der Waals surface area contributed by atoms with Gasteiger partial charge in [0.2, 0.25) is 5.91 Å². The highest BCUT2D eigenvalue weighted by molar-refractivity contribution is 5.78. The van der Waals surface area contributed by atoms with Crippen molar-refractivity contribution in [3.63, 3.8) is 0 Å². The lowest BCUT2D eigenvalue weighted by atomic mass is 9.90. The summed E-state index contributed by atoms with van der Waals surface area (Å²) in [5, 5.41) is 2.93. The molecule has 0 aromatic carbocycles. The molecule has 0 spiro atoms. The number of carbonyl (C=O) groups excluding carboxylic acids is 1. The van der Waals surface area contributed by atoms with Crippen molar-refractivity contribution in [3.05, 3.63) is 0 Å². The van der Waals surface area contributed by atoms with Gasteiger partial charge in [-0.05, 0) is 19.9 Å². The number of hydrogen-bond acceptors (Lipinski definition) is 3. The fourth-order valence-corrected chi connectivity index (χ4v) is 2.66. The topological polar surface area (TPSA) is 41.6 Å². The third kappa shape index (κ3) is 2.32. The lowest BCUT2D eigenvalue weighted by Gasteiger charge is -2.43. The molecule has 1 aliphatic carbocycles. The Balaban J connectivity index is 2.00. The number of nitrogens with one attached hydrogen (secondary N) is 1. The Morgan fingerprint density at radius 1 is 1.47 bits per heavy atom. The molecule has 86 valence electrons. The van der Waals surface area contributed by atoms with Crippen LogP contribution in [0.5, 0.6) is 0 Å². The van der Waals surface area contributed by atoms with Crippen LogP contribution >= 0.6 is 0 Å². The number of ether oxygens (including phenoxy) is 1. The zero-order chi connectivity index (χ0) is 10.7. The first kappa shape index (κ1) is 10.9. The van der Waals surface area contributed by atoms with Gasteiger partial charge < -0.3 is 15.0 Å². The summed E-state index contributed by atoms with van der Waals surface area (Å²) in [4.78, 5) is 13.9. The van der Waals surface area contributed by atoms with Gasteiger partial charge >= 0.3 is 0 Å². The van der Waals surface area contributed by atoms with E-state index in [0.29, 0.717) is 25.3 Å². The fourth-order valence-electron chi connectivity index (χ4n) is 2.66. The monoisotopic (exact) mass is 212 g/mol. The lowest BCUT2D eigenvalue weighted by Crippen LogP contribution is -2.56. The van der Waals surface area contributed by atoms with E-state index in [0.717, 1.165) is 19.4 Å². The van der Waals surface area contributed by atoms with E-state index in [4.69, 9.17) is 4.74 Å². The minimum atomic E-state index is 0.220. The van der Waals surface area contributed by atoms with E-state index < -0.39 is 0 Å². The van der Waals surface area contributed by atoms with Gasteiger partial charge in [0.15, 0.2) is 0 Å². The van der Waals surface area contributed by atoms with Crippen LogP contribution in [0.25, 0.3) is 0 Å². The highest BCUT2D eigenvalue weighted by atomic mass is 16.5. The SMILES string of the molecule is CNCC(=O)N1CCOC2CCCCC21. The Bertz CT molecular complexity index is 231. The normalized spacial score (nSPS) is 31.1. The third-order valence-electron chi connectivity index (χ3n) is 3.38. The van der Waals surface area contributed by atoms with Crippen LogP contribution in [0.3, 0.4) is 0 Å². The maximum absolute atomic E-state index is 11.9. The summed E-state index contributed by atoms with van der Waals surface area (Å²) in [6.45, 7) is 1.92. The second-order valence-electron chi connectivity index (χ2n) is 4.38. The number of morpholine rings is 1. The predicted molar refractivity (Wildman–Crippen MR) is 57.6 cm³/mol. The Hall–Kier alpha value is -0.610. The van der Waals surface area contributed by atoms with Crippen LogP contribution < -0.4 is 5.32 Å². The van der Waals surface area contributed by atoms with Crippen LogP contribution in [-0.2, 0) is 9.53 Å². The molecule has 2 rings (SSSR count). The zero-order valence-corrected chi connectivity index (χ0v) is 9.37. The Morgan fingerprint density at radius 2 is 2.27 bits per heavy atom. The standard InChI is InChI=1S/C11H20N2O2/c1-12-8-11(14)13-6-7-15-10-5-3-2-4-9(10)13/h9-10,12H,2-8H2,1H3. The van der Waals surface area contributed by atoms with Gasteiger partial charge in [0.1, 0.15) is 0 Å². The van der Waals surface area contributed by atoms with Crippen LogP contribution in [0.1, 0.15) is 25.7 Å². The molecule has 4 nitrogen and oxygen atoms in total. The molecule has 2 atom stereocenters. The van der Waals surface area contributed by atoms with E-state index in [1.54, 1.807) is 0 Å². The Kier molecular flexibility index (Phi) is 3.59. The van der Waals surface area contributed by atoms with Gasteiger partial charge in [-0.15, -0.1) is 0 Å². The molecule has 2 aliphatic rings. The van der Waals surface area contributed by atoms with Crippen molar-refractivity contribution in [1.29, 1.82) is 0 Å². The molecular weight excluding hydrogens is 192 g/mol. The van der Waals surface area contributed by atoms with Gasteiger partial charge in [0.05, 0.1) is 25.3 Å². The van der Waals surface area contributed by atoms with E-state index in [-0.39, 0.29) is 5.91 Å². The first-order valence-corrected chi connectivity index (χ1v) is 5.88. The number of amides is 1. The van der Waals surface area contributed by atoms with Crippen LogP contribution in [-0.4, -0.2) is 49.7 Å². The van der Waals surface area contributed by atoms with Gasteiger partial charge in [-0.1, -0.05) is 12.8 Å². The highest BCUT2D eigenvalue weighted by Crippen LogP contribution is 2.28. The molecule has 2 unspecified atom stereocenters. The van der Waals surface area contributed by atoms with Crippen molar-refractivity contribution in [2.75, 3.05) is 26.7 Å². The maximum atomic E-state index is 11.9. The van der Waals surface area contributed by atoms with E-state index in [1.807, 2.05) is 11.9 Å². The minimum Gasteiger partial charge on any atom is -0.374 e. The summed E-state index contributed by atoms with van der Waals surface area (Å²) in [6, 6.07) is 0.341. The summed E-state index contributed by atoms with van der Waals surface area (Å²) in [7, 11) is 1.82. The number of nitrogens with zero attached hydrogens (tertiary/aromatic N) is 1. The summed E-state index contributed by atoms with van der Waals surface area (Å²) in [5.41, 5.74) is 0. The second kappa shape index (κ2) is 4.94. The molecule has 1 N–H and O–H groups in total. The number of fused-ring (bicyclic) bond motifs is 1. The largest absolute Gasteiger partial charge is 0.374 e. The van der Waals surface area contributed by atoms with Crippen molar-refractivity contribution >= 4 is 5.91 Å². The smallest absolute Gasteiger partial charge is 0.236 e. The molecule has 0 radical (unpaired) electrons. The summed E-state index contributed by atoms with van der Waals surface area (Å²) in [6.07, 6.45) is 5.00. The van der Waals surface area contributed by atoms with Crippen molar-refractivity contribution in [3.8, 4) is 0 Å². The molecule has 1 amide bonds. The molecule has 1 heterocycles. The number of rotatable bonds is 2. The lowest BCUT2D eigenvalue weighted by molar-refractivity contribution is -0.148. The number of hydrogen-bond donors (Lipinski definition) is 1. The molecule has 2 fully saturated rings. The van der Waals surface area contributed by atoms with Gasteiger partial charge in [-0.3, -0.25) is 4.79 Å². The first-order chi connectivity index (χ1) is 7.33. The summed E-state index contributed by atoms with van der Waals surface area (Å²) in [5.74, 6) is 0.220. The highest BCUT2D eigenvalue weighted by Gasteiger charge is 2.36. The van der Waals surface area contributed by atoms with Crippen molar-refractivity contribution < 1.29 is 9.53 Å². The Labute approximate surface area is 91.0 Å². The minimum absolute atomic E-state index is 0.220. The van der Waals surface area contributed by atoms with Crippen LogP contribution in [0.2, 0.25) is 0 Å². The van der Waals surface area contributed by atoms with Crippen LogP contribution in [0, 0.1) is 0 Å². The van der Waals surface area contributed by atoms with Crippen LogP contribution in [0.4, 0.5) is 0 Å². The number of carbonyl (C=O) groups is 1. The van der Waals surface area contributed by atoms with Crippen LogP contribution in [0.15, 0.2) is 0 Å². The van der Waals surface area contributed by atoms with Crippen molar-refractivity contribution in [2.45, 2.75) is 37.8 Å². The van der Waals surface area contributed by atoms with Gasteiger partial charge in [-0.2, -0.15) is 0 Å². The Morgan fingerprint density at radius 3 is 3.07 bits per heavy atom. The van der Waals surface area contributed by atoms with Gasteiger partial charge in [0, 0.05) is 6.54 Å². The van der Waals surface area contributed by atoms with Gasteiger partial charge in [0.25, 0.3) is 0 Å². The van der Waals surface area contributed by atoms with Crippen molar-refractivity contribution in [1.82, 2.24) is 10.2 Å².